The minimum absolute atomic E-state index is 0.0565. The summed E-state index contributed by atoms with van der Waals surface area (Å²) in [5, 5.41) is 17.7. The summed E-state index contributed by atoms with van der Waals surface area (Å²) in [6.45, 7) is 2.00. The van der Waals surface area contributed by atoms with Gasteiger partial charge in [-0.25, -0.2) is 0 Å². The lowest BCUT2D eigenvalue weighted by Crippen LogP contribution is -2.04. The van der Waals surface area contributed by atoms with Gasteiger partial charge in [-0.2, -0.15) is 0 Å². The van der Waals surface area contributed by atoms with Gasteiger partial charge in [0.05, 0.1) is 0 Å². The smallest absolute Gasteiger partial charge is 0.164 e. The molecule has 1 aromatic carbocycles. The first-order chi connectivity index (χ1) is 8.70. The fraction of sp³-hybridized carbons (Fsp3) is 0.385. The molecule has 1 fully saturated rings. The first-order valence-electron chi connectivity index (χ1n) is 6.02. The largest absolute Gasteiger partial charge is 0.388 e. The zero-order valence-corrected chi connectivity index (χ0v) is 11.7. The summed E-state index contributed by atoms with van der Waals surface area (Å²) >= 11 is 3.46. The third-order valence-electron chi connectivity index (χ3n) is 3.25. The van der Waals surface area contributed by atoms with Gasteiger partial charge in [-0.3, -0.25) is 0 Å². The summed E-state index contributed by atoms with van der Waals surface area (Å²) < 4.78 is 3.14. The van der Waals surface area contributed by atoms with Crippen LogP contribution in [0.25, 0.3) is 11.4 Å². The lowest BCUT2D eigenvalue weighted by atomic mass is 10.1. The highest BCUT2D eigenvalue weighted by atomic mass is 79.9. The standard InChI is InChI=1S/C13H14BrN3O/c1-8-6-9(14)2-5-11(8)13-16-15-12(7-18)17(13)10-3-4-10/h2,5-6,10,18H,3-4,7H2,1H3. The summed E-state index contributed by atoms with van der Waals surface area (Å²) in [7, 11) is 0. The molecule has 0 saturated heterocycles. The van der Waals surface area contributed by atoms with Crippen LogP contribution in [0.3, 0.4) is 0 Å². The van der Waals surface area contributed by atoms with Crippen LogP contribution >= 0.6 is 15.9 Å². The first-order valence-corrected chi connectivity index (χ1v) is 6.81. The van der Waals surface area contributed by atoms with Crippen LogP contribution in [0.2, 0.25) is 0 Å². The number of halogens is 1. The number of hydrogen-bond donors (Lipinski definition) is 1. The van der Waals surface area contributed by atoms with E-state index in [0.29, 0.717) is 11.9 Å². The van der Waals surface area contributed by atoms with Gasteiger partial charge >= 0.3 is 0 Å². The molecular formula is C13H14BrN3O. The van der Waals surface area contributed by atoms with E-state index in [2.05, 4.69) is 43.7 Å². The first kappa shape index (κ1) is 11.9. The van der Waals surface area contributed by atoms with Crippen LogP contribution in [-0.4, -0.2) is 19.9 Å². The predicted octanol–water partition coefficient (Wildman–Crippen LogP) is 2.84. The summed E-state index contributed by atoms with van der Waals surface area (Å²) in [5.74, 6) is 1.53. The second-order valence-corrected chi connectivity index (χ2v) is 5.57. The van der Waals surface area contributed by atoms with Crippen molar-refractivity contribution in [1.82, 2.24) is 14.8 Å². The fourth-order valence-corrected chi connectivity index (χ4v) is 2.69. The zero-order chi connectivity index (χ0) is 12.7. The molecule has 1 aliphatic carbocycles. The Kier molecular flexibility index (Phi) is 2.95. The highest BCUT2D eigenvalue weighted by Gasteiger charge is 2.29. The van der Waals surface area contributed by atoms with Crippen molar-refractivity contribution in [3.8, 4) is 11.4 Å². The highest BCUT2D eigenvalue weighted by Crippen LogP contribution is 2.39. The Labute approximate surface area is 114 Å². The Hall–Kier alpha value is -1.20. The van der Waals surface area contributed by atoms with E-state index in [4.69, 9.17) is 0 Å². The molecule has 0 radical (unpaired) electrons. The molecule has 0 spiro atoms. The number of aliphatic hydroxyl groups is 1. The predicted molar refractivity (Wildman–Crippen MR) is 72.1 cm³/mol. The number of aryl methyl sites for hydroxylation is 1. The maximum absolute atomic E-state index is 9.34. The zero-order valence-electron chi connectivity index (χ0n) is 10.1. The molecular weight excluding hydrogens is 294 g/mol. The lowest BCUT2D eigenvalue weighted by molar-refractivity contribution is 0.265. The second kappa shape index (κ2) is 4.48. The maximum atomic E-state index is 9.34. The van der Waals surface area contributed by atoms with Crippen LogP contribution in [0.1, 0.15) is 30.3 Å². The Bertz CT molecular complexity index is 590. The van der Waals surface area contributed by atoms with Gasteiger partial charge in [0.1, 0.15) is 6.61 Å². The van der Waals surface area contributed by atoms with Crippen LogP contribution in [0.5, 0.6) is 0 Å². The number of hydrogen-bond acceptors (Lipinski definition) is 3. The van der Waals surface area contributed by atoms with E-state index in [1.807, 2.05) is 12.1 Å². The summed E-state index contributed by atoms with van der Waals surface area (Å²) in [5.41, 5.74) is 2.24. The van der Waals surface area contributed by atoms with Gasteiger partial charge in [0.25, 0.3) is 0 Å². The highest BCUT2D eigenvalue weighted by molar-refractivity contribution is 9.10. The normalized spacial score (nSPS) is 15.1. The van der Waals surface area contributed by atoms with Crippen molar-refractivity contribution in [2.45, 2.75) is 32.4 Å². The monoisotopic (exact) mass is 307 g/mol. The average molecular weight is 308 g/mol. The van der Waals surface area contributed by atoms with E-state index in [1.54, 1.807) is 0 Å². The molecule has 1 aliphatic rings. The number of aromatic nitrogens is 3. The Morgan fingerprint density at radius 1 is 1.39 bits per heavy atom. The van der Waals surface area contributed by atoms with Gasteiger partial charge in [0, 0.05) is 16.1 Å². The molecule has 0 atom stereocenters. The molecule has 0 bridgehead atoms. The van der Waals surface area contributed by atoms with E-state index >= 15 is 0 Å². The molecule has 5 heteroatoms. The molecule has 18 heavy (non-hydrogen) atoms. The third kappa shape index (κ3) is 1.97. The third-order valence-corrected chi connectivity index (χ3v) is 3.74. The second-order valence-electron chi connectivity index (χ2n) is 4.66. The molecule has 1 N–H and O–H groups in total. The van der Waals surface area contributed by atoms with E-state index in [0.717, 1.165) is 34.3 Å². The topological polar surface area (TPSA) is 50.9 Å². The molecule has 0 aliphatic heterocycles. The molecule has 1 heterocycles. The van der Waals surface area contributed by atoms with Crippen LogP contribution < -0.4 is 0 Å². The van der Waals surface area contributed by atoms with Gasteiger partial charge in [0.15, 0.2) is 11.6 Å². The van der Waals surface area contributed by atoms with E-state index in [-0.39, 0.29) is 6.61 Å². The molecule has 1 aromatic heterocycles. The minimum Gasteiger partial charge on any atom is -0.388 e. The number of rotatable bonds is 3. The van der Waals surface area contributed by atoms with Crippen molar-refractivity contribution in [3.05, 3.63) is 34.1 Å². The number of aliphatic hydroxyl groups excluding tert-OH is 1. The van der Waals surface area contributed by atoms with Gasteiger partial charge in [0.2, 0.25) is 0 Å². The van der Waals surface area contributed by atoms with Crippen molar-refractivity contribution in [2.75, 3.05) is 0 Å². The van der Waals surface area contributed by atoms with Crippen LogP contribution in [0, 0.1) is 6.92 Å². The molecule has 94 valence electrons. The maximum Gasteiger partial charge on any atom is 0.164 e. The van der Waals surface area contributed by atoms with Crippen molar-refractivity contribution in [2.24, 2.45) is 0 Å². The molecule has 2 aromatic rings. The van der Waals surface area contributed by atoms with Gasteiger partial charge in [-0.15, -0.1) is 10.2 Å². The van der Waals surface area contributed by atoms with Crippen molar-refractivity contribution in [3.63, 3.8) is 0 Å². The molecule has 3 rings (SSSR count). The summed E-state index contributed by atoms with van der Waals surface area (Å²) in [6.07, 6.45) is 2.29. The van der Waals surface area contributed by atoms with Crippen LogP contribution in [-0.2, 0) is 6.61 Å². The lowest BCUT2D eigenvalue weighted by Gasteiger charge is -2.10. The Morgan fingerprint density at radius 3 is 2.78 bits per heavy atom. The minimum atomic E-state index is -0.0565. The van der Waals surface area contributed by atoms with E-state index < -0.39 is 0 Å². The van der Waals surface area contributed by atoms with Crippen molar-refractivity contribution < 1.29 is 5.11 Å². The van der Waals surface area contributed by atoms with Gasteiger partial charge in [-0.05, 0) is 43.5 Å². The van der Waals surface area contributed by atoms with Gasteiger partial charge < -0.3 is 9.67 Å². The quantitative estimate of drug-likeness (QED) is 0.948. The average Bonchev–Trinajstić information content (AvgIpc) is 3.09. The van der Waals surface area contributed by atoms with Crippen molar-refractivity contribution in [1.29, 1.82) is 0 Å². The van der Waals surface area contributed by atoms with Crippen LogP contribution in [0.15, 0.2) is 22.7 Å². The summed E-state index contributed by atoms with van der Waals surface area (Å²) in [6, 6.07) is 6.58. The van der Waals surface area contributed by atoms with Crippen LogP contribution in [0.4, 0.5) is 0 Å². The SMILES string of the molecule is Cc1cc(Br)ccc1-c1nnc(CO)n1C1CC1. The van der Waals surface area contributed by atoms with Gasteiger partial charge in [-0.1, -0.05) is 15.9 Å². The molecule has 1 saturated carbocycles. The van der Waals surface area contributed by atoms with E-state index in [9.17, 15) is 5.11 Å². The van der Waals surface area contributed by atoms with Crippen molar-refractivity contribution >= 4 is 15.9 Å². The summed E-state index contributed by atoms with van der Waals surface area (Å²) in [4.78, 5) is 0. The fourth-order valence-electron chi connectivity index (χ4n) is 2.21. The molecule has 0 unspecified atom stereocenters. The van der Waals surface area contributed by atoms with E-state index in [1.165, 1.54) is 0 Å². The Morgan fingerprint density at radius 2 is 2.17 bits per heavy atom. The molecule has 4 nitrogen and oxygen atoms in total. The Balaban J connectivity index is 2.13. The number of nitrogens with zero attached hydrogens (tertiary/aromatic N) is 3. The number of benzene rings is 1. The molecule has 0 amide bonds.